The van der Waals surface area contributed by atoms with E-state index >= 15 is 0 Å². The van der Waals surface area contributed by atoms with Crippen LogP contribution in [-0.2, 0) is 6.42 Å². The van der Waals surface area contributed by atoms with Crippen molar-refractivity contribution in [2.75, 3.05) is 0 Å². The molecule has 1 aromatic heterocycles. The molecule has 3 heteroatoms. The van der Waals surface area contributed by atoms with Gasteiger partial charge in [-0.05, 0) is 45.1 Å². The number of aromatic nitrogens is 2. The Morgan fingerprint density at radius 3 is 2.50 bits per heavy atom. The van der Waals surface area contributed by atoms with E-state index in [1.807, 2.05) is 4.68 Å². The minimum atomic E-state index is 0.466. The van der Waals surface area contributed by atoms with Gasteiger partial charge in [-0.15, -0.1) is 0 Å². The second-order valence-electron chi connectivity index (χ2n) is 5.03. The Bertz CT molecular complexity index is 305. The molecular weight excluding hydrogens is 264 g/mol. The first kappa shape index (κ1) is 13.8. The number of aryl methyl sites for hydroxylation is 1. The Kier molecular flexibility index (Phi) is 5.53. The predicted octanol–water partition coefficient (Wildman–Crippen LogP) is 4.21. The van der Waals surface area contributed by atoms with Crippen LogP contribution in [0.5, 0.6) is 0 Å². The lowest BCUT2D eigenvalue weighted by atomic mass is 10.0. The van der Waals surface area contributed by atoms with Crippen molar-refractivity contribution in [1.29, 1.82) is 0 Å². The molecule has 0 aliphatic carbocycles. The molecule has 0 aromatic carbocycles. The number of hydrogen-bond donors (Lipinski definition) is 0. The smallest absolute Gasteiger partial charge is 0.0624 e. The van der Waals surface area contributed by atoms with Gasteiger partial charge in [0.25, 0.3) is 0 Å². The molecule has 0 radical (unpaired) electrons. The van der Waals surface area contributed by atoms with Gasteiger partial charge < -0.3 is 0 Å². The molecule has 0 saturated heterocycles. The zero-order valence-electron chi connectivity index (χ0n) is 10.8. The number of hydrogen-bond acceptors (Lipinski definition) is 1. The van der Waals surface area contributed by atoms with Crippen LogP contribution in [0.25, 0.3) is 0 Å². The van der Waals surface area contributed by atoms with Crippen LogP contribution in [-0.4, -0.2) is 14.6 Å². The van der Waals surface area contributed by atoms with Crippen LogP contribution >= 0.6 is 15.9 Å². The van der Waals surface area contributed by atoms with Crippen LogP contribution in [0, 0.1) is 5.92 Å². The van der Waals surface area contributed by atoms with Gasteiger partial charge in [-0.2, -0.15) is 5.10 Å². The monoisotopic (exact) mass is 286 g/mol. The van der Waals surface area contributed by atoms with Gasteiger partial charge in [0.2, 0.25) is 0 Å². The Morgan fingerprint density at radius 1 is 1.31 bits per heavy atom. The summed E-state index contributed by atoms with van der Waals surface area (Å²) in [7, 11) is 0. The average molecular weight is 287 g/mol. The molecule has 0 amide bonds. The lowest BCUT2D eigenvalue weighted by Gasteiger charge is -2.12. The molecule has 2 nitrogen and oxygen atoms in total. The summed E-state index contributed by atoms with van der Waals surface area (Å²) in [6.07, 6.45) is 5.61. The molecule has 0 spiro atoms. The molecule has 0 aliphatic heterocycles. The average Bonchev–Trinajstić information content (AvgIpc) is 2.66. The van der Waals surface area contributed by atoms with E-state index in [9.17, 15) is 0 Å². The predicted molar refractivity (Wildman–Crippen MR) is 73.1 cm³/mol. The largest absolute Gasteiger partial charge is 0.270 e. The van der Waals surface area contributed by atoms with E-state index in [4.69, 9.17) is 0 Å². The molecular formula is C13H23BrN2. The molecule has 92 valence electrons. The van der Waals surface area contributed by atoms with E-state index in [0.717, 1.165) is 6.42 Å². The van der Waals surface area contributed by atoms with Crippen molar-refractivity contribution >= 4 is 15.9 Å². The summed E-state index contributed by atoms with van der Waals surface area (Å²) in [6, 6.07) is 2.60. The van der Waals surface area contributed by atoms with Crippen LogP contribution < -0.4 is 0 Å². The van der Waals surface area contributed by atoms with Gasteiger partial charge in [-0.1, -0.05) is 29.8 Å². The SMILES string of the molecule is CC(C)C(Br)CCCc1ccn(C(C)C)n1. The molecule has 0 aliphatic rings. The van der Waals surface area contributed by atoms with Crippen molar-refractivity contribution in [3.8, 4) is 0 Å². The van der Waals surface area contributed by atoms with Gasteiger partial charge in [0.15, 0.2) is 0 Å². The molecule has 1 aromatic rings. The number of alkyl halides is 1. The highest BCUT2D eigenvalue weighted by atomic mass is 79.9. The van der Waals surface area contributed by atoms with Crippen molar-refractivity contribution in [3.63, 3.8) is 0 Å². The van der Waals surface area contributed by atoms with E-state index in [0.29, 0.717) is 16.8 Å². The number of nitrogens with zero attached hydrogens (tertiary/aromatic N) is 2. The lowest BCUT2D eigenvalue weighted by Crippen LogP contribution is -2.07. The zero-order chi connectivity index (χ0) is 12.1. The minimum Gasteiger partial charge on any atom is -0.270 e. The van der Waals surface area contributed by atoms with Gasteiger partial charge in [-0.25, -0.2) is 0 Å². The first-order chi connectivity index (χ1) is 7.50. The first-order valence-corrected chi connectivity index (χ1v) is 7.10. The molecule has 0 bridgehead atoms. The third-order valence-electron chi connectivity index (χ3n) is 2.83. The van der Waals surface area contributed by atoms with Crippen molar-refractivity contribution in [1.82, 2.24) is 9.78 Å². The highest BCUT2D eigenvalue weighted by molar-refractivity contribution is 9.09. The molecule has 0 fully saturated rings. The lowest BCUT2D eigenvalue weighted by molar-refractivity contribution is 0.520. The van der Waals surface area contributed by atoms with E-state index in [1.165, 1.54) is 18.5 Å². The van der Waals surface area contributed by atoms with Crippen molar-refractivity contribution in [2.45, 2.75) is 57.8 Å². The Morgan fingerprint density at radius 2 is 2.00 bits per heavy atom. The van der Waals surface area contributed by atoms with Gasteiger partial charge in [0.05, 0.1) is 5.69 Å². The third kappa shape index (κ3) is 4.28. The molecule has 1 unspecified atom stereocenters. The Hall–Kier alpha value is -0.310. The summed E-state index contributed by atoms with van der Waals surface area (Å²) >= 11 is 3.72. The fourth-order valence-corrected chi connectivity index (χ4v) is 1.93. The molecule has 0 saturated carbocycles. The fraction of sp³-hybridized carbons (Fsp3) is 0.769. The Balaban J connectivity index is 2.32. The van der Waals surface area contributed by atoms with E-state index in [-0.39, 0.29) is 0 Å². The van der Waals surface area contributed by atoms with Crippen LogP contribution in [0.4, 0.5) is 0 Å². The van der Waals surface area contributed by atoms with Crippen LogP contribution in [0.1, 0.15) is 52.3 Å². The van der Waals surface area contributed by atoms with Crippen molar-refractivity contribution < 1.29 is 0 Å². The van der Waals surface area contributed by atoms with Gasteiger partial charge >= 0.3 is 0 Å². The summed E-state index contributed by atoms with van der Waals surface area (Å²) in [4.78, 5) is 0.639. The van der Waals surface area contributed by atoms with E-state index in [1.54, 1.807) is 0 Å². The van der Waals surface area contributed by atoms with E-state index < -0.39 is 0 Å². The summed E-state index contributed by atoms with van der Waals surface area (Å²) in [5.74, 6) is 0.716. The third-order valence-corrected chi connectivity index (χ3v) is 4.34. The maximum absolute atomic E-state index is 4.55. The minimum absolute atomic E-state index is 0.466. The van der Waals surface area contributed by atoms with Crippen molar-refractivity contribution in [2.24, 2.45) is 5.92 Å². The highest BCUT2D eigenvalue weighted by Crippen LogP contribution is 2.18. The highest BCUT2D eigenvalue weighted by Gasteiger charge is 2.09. The second-order valence-corrected chi connectivity index (χ2v) is 6.21. The quantitative estimate of drug-likeness (QED) is 0.717. The topological polar surface area (TPSA) is 17.8 Å². The molecule has 16 heavy (non-hydrogen) atoms. The normalized spacial score (nSPS) is 13.7. The molecule has 1 atom stereocenters. The molecule has 0 N–H and O–H groups in total. The van der Waals surface area contributed by atoms with E-state index in [2.05, 4.69) is 61.0 Å². The first-order valence-electron chi connectivity index (χ1n) is 6.18. The zero-order valence-corrected chi connectivity index (χ0v) is 12.4. The Labute approximate surface area is 108 Å². The molecule has 1 rings (SSSR count). The maximum atomic E-state index is 4.55. The van der Waals surface area contributed by atoms with Gasteiger partial charge in [0.1, 0.15) is 0 Å². The van der Waals surface area contributed by atoms with Crippen LogP contribution in [0.15, 0.2) is 12.3 Å². The maximum Gasteiger partial charge on any atom is 0.0624 e. The standard InChI is InChI=1S/C13H23BrN2/c1-10(2)13(14)7-5-6-12-8-9-16(15-12)11(3)4/h8-11,13H,5-7H2,1-4H3. The summed E-state index contributed by atoms with van der Waals surface area (Å²) in [5, 5.41) is 4.55. The second kappa shape index (κ2) is 6.43. The molecule has 1 heterocycles. The number of halogens is 1. The van der Waals surface area contributed by atoms with Gasteiger partial charge in [-0.3, -0.25) is 4.68 Å². The van der Waals surface area contributed by atoms with Crippen LogP contribution in [0.3, 0.4) is 0 Å². The van der Waals surface area contributed by atoms with Crippen molar-refractivity contribution in [3.05, 3.63) is 18.0 Å². The summed E-state index contributed by atoms with van der Waals surface area (Å²) in [5.41, 5.74) is 1.22. The number of rotatable bonds is 6. The van der Waals surface area contributed by atoms with Crippen LogP contribution in [0.2, 0.25) is 0 Å². The fourth-order valence-electron chi connectivity index (χ4n) is 1.61. The van der Waals surface area contributed by atoms with Gasteiger partial charge in [0, 0.05) is 17.1 Å². The summed E-state index contributed by atoms with van der Waals surface area (Å²) in [6.45, 7) is 8.83. The summed E-state index contributed by atoms with van der Waals surface area (Å²) < 4.78 is 2.03.